The van der Waals surface area contributed by atoms with Gasteiger partial charge in [-0.25, -0.2) is 0 Å². The van der Waals surface area contributed by atoms with Crippen molar-refractivity contribution in [2.24, 2.45) is 11.8 Å². The van der Waals surface area contributed by atoms with Gasteiger partial charge < -0.3 is 24.4 Å². The fourth-order valence-electron chi connectivity index (χ4n) is 5.97. The van der Waals surface area contributed by atoms with E-state index >= 15 is 0 Å². The van der Waals surface area contributed by atoms with Crippen molar-refractivity contribution in [3.8, 4) is 0 Å². The van der Waals surface area contributed by atoms with Gasteiger partial charge in [0.2, 0.25) is 5.91 Å². The molecule has 3 saturated heterocycles. The molecule has 9 heteroatoms. The molecule has 4 rings (SSSR count). The van der Waals surface area contributed by atoms with Gasteiger partial charge in [0.05, 0.1) is 24.5 Å². The minimum Gasteiger partial charge on any atom is -0.466 e. The van der Waals surface area contributed by atoms with Gasteiger partial charge >= 0.3 is 5.97 Å². The summed E-state index contributed by atoms with van der Waals surface area (Å²) in [5, 5.41) is 9.71. The van der Waals surface area contributed by atoms with Gasteiger partial charge in [-0.15, -0.1) is 6.58 Å². The minimum atomic E-state index is -1.07. The SMILES string of the molecule is C=CCN(C(=O)C1N(CCCCCO)C(=O)[C@@H]2[C@@H](C(=O)OCC)[C@H]3CCC12O3)c1ccc(Cl)cc1. The molecule has 0 radical (unpaired) electrons. The lowest BCUT2D eigenvalue weighted by molar-refractivity contribution is -0.154. The monoisotopic (exact) mass is 504 g/mol. The summed E-state index contributed by atoms with van der Waals surface area (Å²) in [6.07, 6.45) is 4.29. The number of benzene rings is 1. The molecule has 8 nitrogen and oxygen atoms in total. The van der Waals surface area contributed by atoms with Gasteiger partial charge in [-0.05, 0) is 63.3 Å². The topological polar surface area (TPSA) is 96.4 Å². The summed E-state index contributed by atoms with van der Waals surface area (Å²) in [6.45, 7) is 6.42. The fraction of sp³-hybridized carbons (Fsp3) is 0.577. The van der Waals surface area contributed by atoms with E-state index in [1.807, 2.05) is 0 Å². The molecule has 2 amide bonds. The number of halogens is 1. The Hall–Kier alpha value is -2.42. The van der Waals surface area contributed by atoms with Crippen LogP contribution in [0, 0.1) is 11.8 Å². The number of carbonyl (C=O) groups is 3. The molecule has 35 heavy (non-hydrogen) atoms. The van der Waals surface area contributed by atoms with Crippen LogP contribution in [0.1, 0.15) is 39.0 Å². The summed E-state index contributed by atoms with van der Waals surface area (Å²) in [7, 11) is 0. The zero-order valence-electron chi connectivity index (χ0n) is 20.0. The van der Waals surface area contributed by atoms with Crippen molar-refractivity contribution in [3.05, 3.63) is 41.9 Å². The number of anilines is 1. The quantitative estimate of drug-likeness (QED) is 0.283. The number of fused-ring (bicyclic) bond motifs is 1. The Labute approximate surface area is 210 Å². The van der Waals surface area contributed by atoms with Gasteiger partial charge in [0.25, 0.3) is 5.91 Å². The van der Waals surface area contributed by atoms with E-state index in [4.69, 9.17) is 26.2 Å². The molecule has 1 spiro atoms. The van der Waals surface area contributed by atoms with Crippen molar-refractivity contribution in [2.75, 3.05) is 31.2 Å². The van der Waals surface area contributed by atoms with Crippen molar-refractivity contribution in [1.29, 1.82) is 0 Å². The molecule has 1 aromatic carbocycles. The second-order valence-corrected chi connectivity index (χ2v) is 9.77. The predicted octanol–water partition coefficient (Wildman–Crippen LogP) is 2.96. The molecule has 0 aromatic heterocycles. The van der Waals surface area contributed by atoms with E-state index < -0.39 is 35.6 Å². The molecule has 3 heterocycles. The van der Waals surface area contributed by atoms with Crippen LogP contribution in [0.15, 0.2) is 36.9 Å². The summed E-state index contributed by atoms with van der Waals surface area (Å²) in [5.74, 6) is -2.40. The first-order chi connectivity index (χ1) is 16.9. The number of ether oxygens (including phenoxy) is 2. The standard InChI is InChI=1S/C26H33ClN2O6/c1-3-14-28(18-10-8-17(27)9-11-18)24(32)22-26-13-12-19(35-26)20(25(33)34-4-2)21(26)23(31)29(22)15-6-5-7-16-30/h3,8-11,19-22,30H,1,4-7,12-16H2,2H3/t19-,20+,21+,22?,26?/m1/s1. The number of aliphatic hydroxyl groups excluding tert-OH is 1. The second-order valence-electron chi connectivity index (χ2n) is 9.34. The molecule has 3 fully saturated rings. The Bertz CT molecular complexity index is 969. The number of unbranched alkanes of at least 4 members (excludes halogenated alkanes) is 2. The van der Waals surface area contributed by atoms with Crippen molar-refractivity contribution in [3.63, 3.8) is 0 Å². The van der Waals surface area contributed by atoms with Crippen molar-refractivity contribution >= 4 is 35.1 Å². The number of aliphatic hydroxyl groups is 1. The van der Waals surface area contributed by atoms with Gasteiger partial charge in [0.1, 0.15) is 11.6 Å². The van der Waals surface area contributed by atoms with Crippen molar-refractivity contribution in [2.45, 2.75) is 56.8 Å². The van der Waals surface area contributed by atoms with Crippen LogP contribution in [0.25, 0.3) is 0 Å². The van der Waals surface area contributed by atoms with E-state index in [1.54, 1.807) is 47.1 Å². The average Bonchev–Trinajstić information content (AvgIpc) is 3.48. The molecule has 5 atom stereocenters. The number of hydrogen-bond acceptors (Lipinski definition) is 6. The highest BCUT2D eigenvalue weighted by Crippen LogP contribution is 2.59. The lowest BCUT2D eigenvalue weighted by atomic mass is 9.70. The second kappa shape index (κ2) is 10.7. The lowest BCUT2D eigenvalue weighted by Gasteiger charge is -2.36. The van der Waals surface area contributed by atoms with Crippen LogP contribution in [-0.4, -0.2) is 71.8 Å². The Kier molecular flexibility index (Phi) is 7.83. The number of amides is 2. The summed E-state index contributed by atoms with van der Waals surface area (Å²) < 4.78 is 11.7. The van der Waals surface area contributed by atoms with E-state index in [-0.39, 0.29) is 31.6 Å². The highest BCUT2D eigenvalue weighted by molar-refractivity contribution is 6.30. The van der Waals surface area contributed by atoms with Gasteiger partial charge in [0, 0.05) is 30.4 Å². The number of carbonyl (C=O) groups excluding carboxylic acids is 3. The zero-order chi connectivity index (χ0) is 25.2. The van der Waals surface area contributed by atoms with Crippen LogP contribution in [0.2, 0.25) is 5.02 Å². The molecule has 0 aliphatic carbocycles. The summed E-state index contributed by atoms with van der Waals surface area (Å²) in [4.78, 5) is 44.1. The summed E-state index contributed by atoms with van der Waals surface area (Å²) in [6, 6.07) is 6.07. The maximum absolute atomic E-state index is 14.2. The molecule has 0 saturated carbocycles. The molecular formula is C26H33ClN2O6. The number of likely N-dealkylation sites (tertiary alicyclic amines) is 1. The van der Waals surface area contributed by atoms with Crippen LogP contribution in [0.3, 0.4) is 0 Å². The molecule has 1 N–H and O–H groups in total. The van der Waals surface area contributed by atoms with E-state index in [0.29, 0.717) is 42.9 Å². The number of nitrogens with zero attached hydrogens (tertiary/aromatic N) is 2. The smallest absolute Gasteiger partial charge is 0.312 e. The van der Waals surface area contributed by atoms with Crippen molar-refractivity contribution in [1.82, 2.24) is 4.90 Å². The molecule has 190 valence electrons. The third-order valence-electron chi connectivity index (χ3n) is 7.37. The van der Waals surface area contributed by atoms with E-state index in [2.05, 4.69) is 6.58 Å². The Morgan fingerprint density at radius 3 is 2.71 bits per heavy atom. The van der Waals surface area contributed by atoms with Crippen LogP contribution in [-0.2, 0) is 23.9 Å². The third kappa shape index (κ3) is 4.47. The molecule has 3 aliphatic rings. The number of rotatable bonds is 11. The first kappa shape index (κ1) is 25.7. The maximum Gasteiger partial charge on any atom is 0.312 e. The molecule has 3 aliphatic heterocycles. The van der Waals surface area contributed by atoms with Crippen LogP contribution in [0.4, 0.5) is 5.69 Å². The Balaban J connectivity index is 1.72. The van der Waals surface area contributed by atoms with Crippen LogP contribution >= 0.6 is 11.6 Å². The van der Waals surface area contributed by atoms with Crippen molar-refractivity contribution < 1.29 is 29.0 Å². The average molecular weight is 505 g/mol. The summed E-state index contributed by atoms with van der Waals surface area (Å²) >= 11 is 6.06. The zero-order valence-corrected chi connectivity index (χ0v) is 20.8. The van der Waals surface area contributed by atoms with E-state index in [0.717, 1.165) is 6.42 Å². The number of hydrogen-bond donors (Lipinski definition) is 1. The van der Waals surface area contributed by atoms with Gasteiger partial charge in [-0.1, -0.05) is 17.7 Å². The molecule has 2 unspecified atom stereocenters. The minimum absolute atomic E-state index is 0.0717. The largest absolute Gasteiger partial charge is 0.466 e. The number of esters is 1. The van der Waals surface area contributed by atoms with Gasteiger partial charge in [-0.3, -0.25) is 14.4 Å². The molecule has 2 bridgehead atoms. The van der Waals surface area contributed by atoms with Gasteiger partial charge in [0.15, 0.2) is 0 Å². The van der Waals surface area contributed by atoms with Crippen LogP contribution in [0.5, 0.6) is 0 Å². The lowest BCUT2D eigenvalue weighted by Crippen LogP contribution is -2.56. The highest BCUT2D eigenvalue weighted by atomic mass is 35.5. The highest BCUT2D eigenvalue weighted by Gasteiger charge is 2.75. The molecule has 1 aromatic rings. The molecular weight excluding hydrogens is 472 g/mol. The Morgan fingerprint density at radius 2 is 2.06 bits per heavy atom. The third-order valence-corrected chi connectivity index (χ3v) is 7.62. The van der Waals surface area contributed by atoms with E-state index in [9.17, 15) is 14.4 Å². The maximum atomic E-state index is 14.2. The van der Waals surface area contributed by atoms with Crippen LogP contribution < -0.4 is 4.90 Å². The summed E-state index contributed by atoms with van der Waals surface area (Å²) in [5.41, 5.74) is -0.430. The first-order valence-electron chi connectivity index (χ1n) is 12.3. The fourth-order valence-corrected chi connectivity index (χ4v) is 6.10. The Morgan fingerprint density at radius 1 is 1.31 bits per heavy atom. The predicted molar refractivity (Wildman–Crippen MR) is 131 cm³/mol. The first-order valence-corrected chi connectivity index (χ1v) is 12.7. The normalized spacial score (nSPS) is 28.8. The van der Waals surface area contributed by atoms with Gasteiger partial charge in [-0.2, -0.15) is 0 Å². The van der Waals surface area contributed by atoms with E-state index in [1.165, 1.54) is 0 Å².